The molecule has 0 radical (unpaired) electrons. The lowest BCUT2D eigenvalue weighted by Crippen LogP contribution is -2.30. The van der Waals surface area contributed by atoms with Gasteiger partial charge in [-0.15, -0.1) is 0 Å². The van der Waals surface area contributed by atoms with Crippen LogP contribution in [0.25, 0.3) is 0 Å². The molecule has 1 unspecified atom stereocenters. The fourth-order valence-corrected chi connectivity index (χ4v) is 8.30. The summed E-state index contributed by atoms with van der Waals surface area (Å²) in [7, 11) is 0. The molecule has 0 heterocycles. The van der Waals surface area contributed by atoms with Crippen molar-refractivity contribution in [3.05, 3.63) is 97.2 Å². The summed E-state index contributed by atoms with van der Waals surface area (Å²) in [4.78, 5) is 38.2. The van der Waals surface area contributed by atoms with Gasteiger partial charge in [0.25, 0.3) is 0 Å². The number of unbranched alkanes of at least 4 members (excludes halogenated alkanes) is 27. The monoisotopic (exact) mass is 1000 g/mol. The summed E-state index contributed by atoms with van der Waals surface area (Å²) in [6.07, 6.45) is 79.7. The first-order valence-corrected chi connectivity index (χ1v) is 30.2. The van der Waals surface area contributed by atoms with Crippen molar-refractivity contribution in [1.29, 1.82) is 0 Å². The van der Waals surface area contributed by atoms with Crippen LogP contribution in [-0.2, 0) is 28.6 Å². The molecule has 0 amide bonds. The lowest BCUT2D eigenvalue weighted by atomic mass is 10.0. The molecule has 0 bridgehead atoms. The predicted molar refractivity (Wildman–Crippen MR) is 311 cm³/mol. The van der Waals surface area contributed by atoms with Crippen molar-refractivity contribution >= 4 is 17.9 Å². The molecule has 0 aliphatic carbocycles. The number of carbonyl (C=O) groups is 3. The van der Waals surface area contributed by atoms with Crippen LogP contribution in [0.3, 0.4) is 0 Å². The minimum atomic E-state index is -0.801. The molecular weight excluding hydrogens is 889 g/mol. The van der Waals surface area contributed by atoms with E-state index in [2.05, 4.69) is 118 Å². The molecular formula is C66H112O6. The Bertz CT molecular complexity index is 1430. The third kappa shape index (κ3) is 57.2. The molecule has 0 saturated carbocycles. The molecule has 0 aromatic carbocycles. The van der Waals surface area contributed by atoms with Gasteiger partial charge < -0.3 is 14.2 Å². The zero-order valence-electron chi connectivity index (χ0n) is 47.2. The van der Waals surface area contributed by atoms with Crippen LogP contribution < -0.4 is 0 Å². The first kappa shape index (κ1) is 68.3. The second-order valence-electron chi connectivity index (χ2n) is 19.9. The van der Waals surface area contributed by atoms with E-state index in [-0.39, 0.29) is 37.5 Å². The van der Waals surface area contributed by atoms with E-state index in [0.29, 0.717) is 12.8 Å². The second-order valence-corrected chi connectivity index (χ2v) is 19.9. The van der Waals surface area contributed by atoms with Crippen LogP contribution in [0.1, 0.15) is 284 Å². The number of hydrogen-bond acceptors (Lipinski definition) is 6. The van der Waals surface area contributed by atoms with Crippen molar-refractivity contribution in [1.82, 2.24) is 0 Å². The summed E-state index contributed by atoms with van der Waals surface area (Å²) in [6.45, 7) is 6.49. The lowest BCUT2D eigenvalue weighted by molar-refractivity contribution is -0.167. The Morgan fingerprint density at radius 1 is 0.292 bits per heavy atom. The minimum absolute atomic E-state index is 0.0939. The van der Waals surface area contributed by atoms with E-state index in [4.69, 9.17) is 14.2 Å². The molecule has 72 heavy (non-hydrogen) atoms. The standard InChI is InChI=1S/C66H112O6/c1-4-7-10-13-16-19-22-25-28-30-32-33-35-36-38-41-44-47-50-53-56-59-65(68)71-62-63(61-70-64(67)58-55-52-49-46-43-40-27-24-21-18-15-12-9-6-3)72-66(69)60-57-54-51-48-45-42-39-37-34-31-29-26-23-20-17-14-11-8-5-2/h8,11,17,20,22,25-26,29-30,32,34-37,42,45,63H,4-7,9-10,12-16,18-19,21,23-24,27-28,31,33,38-41,43-44,46-62H2,1-3H3/b11-8-,20-17-,25-22-,29-26-,32-30-,36-35-,37-34-,45-42-. The Balaban J connectivity index is 4.46. The van der Waals surface area contributed by atoms with Crippen LogP contribution in [0.4, 0.5) is 0 Å². The van der Waals surface area contributed by atoms with Gasteiger partial charge in [0.05, 0.1) is 0 Å². The van der Waals surface area contributed by atoms with Gasteiger partial charge in [-0.2, -0.15) is 0 Å². The highest BCUT2D eigenvalue weighted by Crippen LogP contribution is 2.15. The van der Waals surface area contributed by atoms with Crippen LogP contribution in [0.2, 0.25) is 0 Å². The van der Waals surface area contributed by atoms with Gasteiger partial charge in [0, 0.05) is 19.3 Å². The van der Waals surface area contributed by atoms with Crippen molar-refractivity contribution in [3.63, 3.8) is 0 Å². The Hall–Kier alpha value is -3.67. The SMILES string of the molecule is CC/C=C\C/C=C\C/C=C\C/C=C\C/C=C\CCCCCC(=O)OC(COC(=O)CCCCCCCC/C=C\C/C=C\C/C=C\CCCCCCC)COC(=O)CCCCCCCCCCCCCCCC. The van der Waals surface area contributed by atoms with Gasteiger partial charge >= 0.3 is 17.9 Å². The quantitative estimate of drug-likeness (QED) is 0.0261. The van der Waals surface area contributed by atoms with Gasteiger partial charge in [0.15, 0.2) is 6.10 Å². The molecule has 0 aromatic heterocycles. The molecule has 0 rings (SSSR count). The van der Waals surface area contributed by atoms with Crippen molar-refractivity contribution in [2.45, 2.75) is 290 Å². The Morgan fingerprint density at radius 2 is 0.542 bits per heavy atom. The van der Waals surface area contributed by atoms with Gasteiger partial charge in [0.2, 0.25) is 0 Å². The van der Waals surface area contributed by atoms with Gasteiger partial charge in [-0.3, -0.25) is 14.4 Å². The van der Waals surface area contributed by atoms with Gasteiger partial charge in [0.1, 0.15) is 13.2 Å². The minimum Gasteiger partial charge on any atom is -0.462 e. The molecule has 412 valence electrons. The van der Waals surface area contributed by atoms with E-state index in [0.717, 1.165) is 116 Å². The van der Waals surface area contributed by atoms with E-state index < -0.39 is 6.10 Å². The normalized spacial score (nSPS) is 12.8. The van der Waals surface area contributed by atoms with E-state index in [1.54, 1.807) is 0 Å². The fourth-order valence-electron chi connectivity index (χ4n) is 8.30. The lowest BCUT2D eigenvalue weighted by Gasteiger charge is -2.18. The van der Waals surface area contributed by atoms with Crippen molar-refractivity contribution in [2.24, 2.45) is 0 Å². The zero-order chi connectivity index (χ0) is 52.2. The smallest absolute Gasteiger partial charge is 0.306 e. The van der Waals surface area contributed by atoms with Crippen LogP contribution in [0, 0.1) is 0 Å². The summed E-state index contributed by atoms with van der Waals surface area (Å²) in [5, 5.41) is 0. The number of rotatable bonds is 54. The zero-order valence-corrected chi connectivity index (χ0v) is 47.2. The third-order valence-corrected chi connectivity index (χ3v) is 12.8. The Labute approximate surface area is 445 Å². The number of hydrogen-bond donors (Lipinski definition) is 0. The third-order valence-electron chi connectivity index (χ3n) is 12.8. The highest BCUT2D eigenvalue weighted by atomic mass is 16.6. The molecule has 0 aromatic rings. The molecule has 6 heteroatoms. The average molecular weight is 1000 g/mol. The van der Waals surface area contributed by atoms with Crippen molar-refractivity contribution in [3.8, 4) is 0 Å². The highest BCUT2D eigenvalue weighted by molar-refractivity contribution is 5.71. The first-order chi connectivity index (χ1) is 35.5. The second kappa shape index (κ2) is 59.9. The molecule has 0 spiro atoms. The van der Waals surface area contributed by atoms with Gasteiger partial charge in [-0.05, 0) is 103 Å². The number of carbonyl (C=O) groups excluding carboxylic acids is 3. The van der Waals surface area contributed by atoms with E-state index in [1.165, 1.54) is 128 Å². The molecule has 1 atom stereocenters. The van der Waals surface area contributed by atoms with Crippen LogP contribution in [-0.4, -0.2) is 37.2 Å². The average Bonchev–Trinajstić information content (AvgIpc) is 3.38. The maximum Gasteiger partial charge on any atom is 0.306 e. The molecule has 0 saturated heterocycles. The maximum absolute atomic E-state index is 12.9. The number of esters is 3. The summed E-state index contributed by atoms with van der Waals surface area (Å²) >= 11 is 0. The highest BCUT2D eigenvalue weighted by Gasteiger charge is 2.19. The number of allylic oxidation sites excluding steroid dienone is 16. The van der Waals surface area contributed by atoms with Crippen molar-refractivity contribution in [2.75, 3.05) is 13.2 Å². The first-order valence-electron chi connectivity index (χ1n) is 30.2. The topological polar surface area (TPSA) is 78.9 Å². The van der Waals surface area contributed by atoms with E-state index >= 15 is 0 Å². The molecule has 0 aliphatic rings. The van der Waals surface area contributed by atoms with Crippen LogP contribution >= 0.6 is 0 Å². The summed E-state index contributed by atoms with van der Waals surface area (Å²) in [5.41, 5.74) is 0. The molecule has 0 aliphatic heterocycles. The van der Waals surface area contributed by atoms with Crippen molar-refractivity contribution < 1.29 is 28.6 Å². The molecule has 0 fully saturated rings. The fraction of sp³-hybridized carbons (Fsp3) is 0.712. The predicted octanol–water partition coefficient (Wildman–Crippen LogP) is 20.5. The summed E-state index contributed by atoms with van der Waals surface area (Å²) in [6, 6.07) is 0. The van der Waals surface area contributed by atoms with E-state index in [9.17, 15) is 14.4 Å². The Kier molecular flexibility index (Phi) is 56.8. The largest absolute Gasteiger partial charge is 0.462 e. The van der Waals surface area contributed by atoms with Gasteiger partial charge in [-0.25, -0.2) is 0 Å². The van der Waals surface area contributed by atoms with Crippen LogP contribution in [0.15, 0.2) is 97.2 Å². The molecule has 6 nitrogen and oxygen atoms in total. The Morgan fingerprint density at radius 3 is 0.861 bits per heavy atom. The summed E-state index contributed by atoms with van der Waals surface area (Å²) in [5.74, 6) is -0.932. The number of ether oxygens (including phenoxy) is 3. The van der Waals surface area contributed by atoms with Gasteiger partial charge in [-0.1, -0.05) is 259 Å². The van der Waals surface area contributed by atoms with Crippen LogP contribution in [0.5, 0.6) is 0 Å². The summed E-state index contributed by atoms with van der Waals surface area (Å²) < 4.78 is 16.9. The maximum atomic E-state index is 12.9. The van der Waals surface area contributed by atoms with E-state index in [1.807, 2.05) is 0 Å². The molecule has 0 N–H and O–H groups in total.